The van der Waals surface area contributed by atoms with Gasteiger partial charge in [0.1, 0.15) is 0 Å². The Kier molecular flexibility index (Phi) is 5.00. The number of hydrogen-bond acceptors (Lipinski definition) is 1. The Morgan fingerprint density at radius 3 is 2.25 bits per heavy atom. The lowest BCUT2D eigenvalue weighted by atomic mass is 9.94. The van der Waals surface area contributed by atoms with E-state index >= 15 is 0 Å². The fraction of sp³-hybridized carbons (Fsp3) is 0.333. The van der Waals surface area contributed by atoms with E-state index in [1.807, 2.05) is 30.4 Å². The molecule has 0 fully saturated rings. The molecule has 0 saturated carbocycles. The van der Waals surface area contributed by atoms with Gasteiger partial charge in [-0.05, 0) is 18.4 Å². The lowest BCUT2D eigenvalue weighted by Gasteiger charge is -2.21. The summed E-state index contributed by atoms with van der Waals surface area (Å²) in [5, 5.41) is 0. The van der Waals surface area contributed by atoms with E-state index in [9.17, 15) is 0 Å². The molecule has 1 aromatic rings. The molecule has 1 aromatic carbocycles. The molecule has 2 N–H and O–H groups in total. The van der Waals surface area contributed by atoms with Crippen LogP contribution in [-0.2, 0) is 0 Å². The third-order valence-electron chi connectivity index (χ3n) is 2.94. The van der Waals surface area contributed by atoms with Crippen LogP contribution in [0.2, 0.25) is 0 Å². The maximum atomic E-state index is 6.16. The zero-order chi connectivity index (χ0) is 11.9. The summed E-state index contributed by atoms with van der Waals surface area (Å²) in [7, 11) is 0. The zero-order valence-electron chi connectivity index (χ0n) is 10.2. The Morgan fingerprint density at radius 2 is 1.69 bits per heavy atom. The van der Waals surface area contributed by atoms with E-state index in [2.05, 4.69) is 38.1 Å². The summed E-state index contributed by atoms with van der Waals surface area (Å²) in [6.07, 6.45) is 10.2. The van der Waals surface area contributed by atoms with Gasteiger partial charge in [-0.25, -0.2) is 0 Å². The van der Waals surface area contributed by atoms with Gasteiger partial charge in [0, 0.05) is 5.54 Å². The Labute approximate surface area is 98.7 Å². The SMILES string of the molecule is CCC(N)(/C=C/C=C/c1ccccc1)CC. The minimum absolute atomic E-state index is 0.152. The van der Waals surface area contributed by atoms with Gasteiger partial charge in [-0.1, -0.05) is 68.5 Å². The van der Waals surface area contributed by atoms with E-state index in [0.29, 0.717) is 0 Å². The molecule has 0 bridgehead atoms. The van der Waals surface area contributed by atoms with Crippen molar-refractivity contribution in [2.45, 2.75) is 32.2 Å². The van der Waals surface area contributed by atoms with Gasteiger partial charge in [-0.15, -0.1) is 0 Å². The molecule has 0 radical (unpaired) electrons. The van der Waals surface area contributed by atoms with Gasteiger partial charge in [0.15, 0.2) is 0 Å². The lowest BCUT2D eigenvalue weighted by molar-refractivity contribution is 0.493. The molecular weight excluding hydrogens is 194 g/mol. The van der Waals surface area contributed by atoms with Crippen LogP contribution in [-0.4, -0.2) is 5.54 Å². The predicted molar refractivity (Wildman–Crippen MR) is 72.1 cm³/mol. The average Bonchev–Trinajstić information content (AvgIpc) is 2.36. The first-order valence-electron chi connectivity index (χ1n) is 5.90. The highest BCUT2D eigenvalue weighted by atomic mass is 14.7. The third kappa shape index (κ3) is 4.03. The summed E-state index contributed by atoms with van der Waals surface area (Å²) in [6, 6.07) is 10.3. The maximum Gasteiger partial charge on any atom is 0.0336 e. The van der Waals surface area contributed by atoms with Gasteiger partial charge in [0.05, 0.1) is 0 Å². The molecule has 0 spiro atoms. The Hall–Kier alpha value is -1.34. The van der Waals surface area contributed by atoms with Crippen molar-refractivity contribution < 1.29 is 0 Å². The summed E-state index contributed by atoms with van der Waals surface area (Å²) < 4.78 is 0. The van der Waals surface area contributed by atoms with Crippen molar-refractivity contribution in [1.82, 2.24) is 0 Å². The van der Waals surface area contributed by atoms with Crippen molar-refractivity contribution in [3.05, 3.63) is 54.1 Å². The molecule has 0 aromatic heterocycles. The number of rotatable bonds is 5. The Balaban J connectivity index is 2.57. The summed E-state index contributed by atoms with van der Waals surface area (Å²) in [5.74, 6) is 0. The van der Waals surface area contributed by atoms with E-state index in [1.54, 1.807) is 0 Å². The van der Waals surface area contributed by atoms with Gasteiger partial charge in [0.25, 0.3) is 0 Å². The van der Waals surface area contributed by atoms with Gasteiger partial charge in [-0.3, -0.25) is 0 Å². The number of allylic oxidation sites excluding steroid dienone is 2. The van der Waals surface area contributed by atoms with Crippen molar-refractivity contribution in [2.24, 2.45) is 5.73 Å². The van der Waals surface area contributed by atoms with E-state index in [1.165, 1.54) is 5.56 Å². The molecule has 0 unspecified atom stereocenters. The smallest absolute Gasteiger partial charge is 0.0336 e. The van der Waals surface area contributed by atoms with Crippen molar-refractivity contribution in [2.75, 3.05) is 0 Å². The Morgan fingerprint density at radius 1 is 1.06 bits per heavy atom. The third-order valence-corrected chi connectivity index (χ3v) is 2.94. The van der Waals surface area contributed by atoms with Crippen LogP contribution in [0.25, 0.3) is 6.08 Å². The fourth-order valence-electron chi connectivity index (χ4n) is 1.46. The summed E-state index contributed by atoms with van der Waals surface area (Å²) in [6.45, 7) is 4.24. The molecule has 1 heteroatoms. The monoisotopic (exact) mass is 215 g/mol. The molecule has 0 saturated heterocycles. The van der Waals surface area contributed by atoms with Crippen LogP contribution in [0.5, 0.6) is 0 Å². The summed E-state index contributed by atoms with van der Waals surface area (Å²) >= 11 is 0. The highest BCUT2D eigenvalue weighted by Gasteiger charge is 2.14. The summed E-state index contributed by atoms with van der Waals surface area (Å²) in [5.41, 5.74) is 7.21. The van der Waals surface area contributed by atoms with E-state index in [-0.39, 0.29) is 5.54 Å². The second kappa shape index (κ2) is 6.29. The molecule has 0 aliphatic heterocycles. The highest BCUT2D eigenvalue weighted by molar-refractivity contribution is 5.50. The second-order valence-corrected chi connectivity index (χ2v) is 4.07. The average molecular weight is 215 g/mol. The normalized spacial score (nSPS) is 12.7. The quantitative estimate of drug-likeness (QED) is 0.743. The van der Waals surface area contributed by atoms with Crippen molar-refractivity contribution in [3.8, 4) is 0 Å². The Bertz CT molecular complexity index is 345. The van der Waals surface area contributed by atoms with Crippen molar-refractivity contribution in [1.29, 1.82) is 0 Å². The minimum Gasteiger partial charge on any atom is -0.322 e. The van der Waals surface area contributed by atoms with E-state index in [4.69, 9.17) is 5.73 Å². The van der Waals surface area contributed by atoms with Gasteiger partial charge < -0.3 is 5.73 Å². The topological polar surface area (TPSA) is 26.0 Å². The maximum absolute atomic E-state index is 6.16. The molecule has 0 aliphatic rings. The predicted octanol–water partition coefficient (Wildman–Crippen LogP) is 3.77. The van der Waals surface area contributed by atoms with E-state index in [0.717, 1.165) is 12.8 Å². The first-order chi connectivity index (χ1) is 7.70. The molecule has 1 nitrogen and oxygen atoms in total. The molecule has 0 heterocycles. The van der Waals surface area contributed by atoms with Crippen LogP contribution in [0, 0.1) is 0 Å². The van der Waals surface area contributed by atoms with Crippen LogP contribution in [0.3, 0.4) is 0 Å². The number of hydrogen-bond donors (Lipinski definition) is 1. The highest BCUT2D eigenvalue weighted by Crippen LogP contribution is 2.12. The first kappa shape index (κ1) is 12.7. The van der Waals surface area contributed by atoms with Crippen molar-refractivity contribution >= 4 is 6.08 Å². The van der Waals surface area contributed by atoms with Crippen LogP contribution in [0.4, 0.5) is 0 Å². The first-order valence-corrected chi connectivity index (χ1v) is 5.90. The van der Waals surface area contributed by atoms with Crippen LogP contribution < -0.4 is 5.73 Å². The molecular formula is C15H21N. The van der Waals surface area contributed by atoms with Gasteiger partial charge in [-0.2, -0.15) is 0 Å². The molecule has 86 valence electrons. The minimum atomic E-state index is -0.152. The lowest BCUT2D eigenvalue weighted by Crippen LogP contribution is -2.35. The molecule has 0 atom stereocenters. The second-order valence-electron chi connectivity index (χ2n) is 4.07. The van der Waals surface area contributed by atoms with Crippen LogP contribution in [0.1, 0.15) is 32.3 Å². The summed E-state index contributed by atoms with van der Waals surface area (Å²) in [4.78, 5) is 0. The number of benzene rings is 1. The van der Waals surface area contributed by atoms with Gasteiger partial charge >= 0.3 is 0 Å². The van der Waals surface area contributed by atoms with Crippen LogP contribution >= 0.6 is 0 Å². The molecule has 16 heavy (non-hydrogen) atoms. The molecule has 0 amide bonds. The van der Waals surface area contributed by atoms with Crippen LogP contribution in [0.15, 0.2) is 48.6 Å². The van der Waals surface area contributed by atoms with Gasteiger partial charge in [0.2, 0.25) is 0 Å². The fourth-order valence-corrected chi connectivity index (χ4v) is 1.46. The molecule has 1 rings (SSSR count). The zero-order valence-corrected chi connectivity index (χ0v) is 10.2. The largest absolute Gasteiger partial charge is 0.322 e. The van der Waals surface area contributed by atoms with E-state index < -0.39 is 0 Å². The molecule has 0 aliphatic carbocycles. The standard InChI is InChI=1S/C15H21N/c1-3-15(16,4-2)13-9-8-12-14-10-6-5-7-11-14/h5-13H,3-4,16H2,1-2H3/b12-8+,13-9+. The van der Waals surface area contributed by atoms with Crippen molar-refractivity contribution in [3.63, 3.8) is 0 Å². The number of nitrogens with two attached hydrogens (primary N) is 1.